The first kappa shape index (κ1) is 18.7. The van der Waals surface area contributed by atoms with Gasteiger partial charge in [0.15, 0.2) is 10.9 Å². The lowest BCUT2D eigenvalue weighted by Crippen LogP contribution is -2.10. The third-order valence-electron chi connectivity index (χ3n) is 4.44. The van der Waals surface area contributed by atoms with Gasteiger partial charge in [-0.05, 0) is 61.1 Å². The molecule has 0 unspecified atom stereocenters. The van der Waals surface area contributed by atoms with Crippen molar-refractivity contribution in [3.05, 3.63) is 75.4 Å². The Morgan fingerprint density at radius 2 is 1.82 bits per heavy atom. The standard InChI is InChI=1S/C21H16Cl2N2O3/c1-12-3-2-4-16(13-5-6-13)19(12)28-20-17(11-18(23)24-25-20)27-21(26)14-7-9-15(22)10-8-14/h2-4,7-11,13H,5-6H2,1H3. The van der Waals surface area contributed by atoms with Gasteiger partial charge in [0.25, 0.3) is 5.88 Å². The fourth-order valence-corrected chi connectivity index (χ4v) is 3.12. The fraction of sp³-hybridized carbons (Fsp3) is 0.190. The highest BCUT2D eigenvalue weighted by molar-refractivity contribution is 6.30. The van der Waals surface area contributed by atoms with Crippen molar-refractivity contribution in [3.8, 4) is 17.4 Å². The van der Waals surface area contributed by atoms with E-state index >= 15 is 0 Å². The molecule has 1 aliphatic rings. The first-order chi connectivity index (χ1) is 13.5. The number of benzene rings is 2. The monoisotopic (exact) mass is 414 g/mol. The summed E-state index contributed by atoms with van der Waals surface area (Å²) in [6.45, 7) is 1.96. The van der Waals surface area contributed by atoms with Crippen LogP contribution in [0.2, 0.25) is 10.2 Å². The summed E-state index contributed by atoms with van der Waals surface area (Å²) in [7, 11) is 0. The Labute approximate surface area is 172 Å². The van der Waals surface area contributed by atoms with Crippen LogP contribution in [0.25, 0.3) is 0 Å². The van der Waals surface area contributed by atoms with E-state index in [1.165, 1.54) is 6.07 Å². The van der Waals surface area contributed by atoms with Gasteiger partial charge in [-0.15, -0.1) is 10.2 Å². The van der Waals surface area contributed by atoms with Crippen molar-refractivity contribution in [2.24, 2.45) is 0 Å². The van der Waals surface area contributed by atoms with Crippen LogP contribution in [0.3, 0.4) is 0 Å². The number of esters is 1. The molecule has 0 bridgehead atoms. The maximum atomic E-state index is 12.5. The van der Waals surface area contributed by atoms with E-state index in [2.05, 4.69) is 10.2 Å². The molecule has 0 spiro atoms. The summed E-state index contributed by atoms with van der Waals surface area (Å²) in [5, 5.41) is 8.45. The van der Waals surface area contributed by atoms with Gasteiger partial charge in [-0.25, -0.2) is 4.79 Å². The lowest BCUT2D eigenvalue weighted by molar-refractivity contribution is 0.0729. The van der Waals surface area contributed by atoms with Crippen LogP contribution < -0.4 is 9.47 Å². The number of carbonyl (C=O) groups excluding carboxylic acids is 1. The smallest absolute Gasteiger partial charge is 0.343 e. The van der Waals surface area contributed by atoms with E-state index in [1.54, 1.807) is 24.3 Å². The van der Waals surface area contributed by atoms with E-state index in [1.807, 2.05) is 25.1 Å². The van der Waals surface area contributed by atoms with Gasteiger partial charge in [0.1, 0.15) is 5.75 Å². The van der Waals surface area contributed by atoms with Crippen LogP contribution in [0.15, 0.2) is 48.5 Å². The number of aromatic nitrogens is 2. The van der Waals surface area contributed by atoms with E-state index in [-0.39, 0.29) is 16.8 Å². The molecule has 142 valence electrons. The molecule has 7 heteroatoms. The average molecular weight is 415 g/mol. The largest absolute Gasteiger partial charge is 0.434 e. The lowest BCUT2D eigenvalue weighted by Gasteiger charge is -2.14. The molecular weight excluding hydrogens is 399 g/mol. The predicted molar refractivity (Wildman–Crippen MR) is 107 cm³/mol. The summed E-state index contributed by atoms with van der Waals surface area (Å²) >= 11 is 11.8. The predicted octanol–water partition coefficient (Wildman–Crippen LogP) is 5.98. The van der Waals surface area contributed by atoms with Crippen molar-refractivity contribution < 1.29 is 14.3 Å². The Bertz CT molecular complexity index is 1030. The highest BCUT2D eigenvalue weighted by Crippen LogP contribution is 2.46. The minimum Gasteiger partial charge on any atom is -0.434 e. The molecule has 0 aliphatic heterocycles. The van der Waals surface area contributed by atoms with Crippen LogP contribution in [0.1, 0.15) is 40.2 Å². The van der Waals surface area contributed by atoms with Gasteiger partial charge in [-0.2, -0.15) is 0 Å². The molecule has 4 rings (SSSR count). The van der Waals surface area contributed by atoms with Crippen LogP contribution in [-0.2, 0) is 0 Å². The minimum absolute atomic E-state index is 0.0860. The van der Waals surface area contributed by atoms with Crippen LogP contribution in [0, 0.1) is 6.92 Å². The quantitative estimate of drug-likeness (QED) is 0.480. The second-order valence-electron chi connectivity index (χ2n) is 6.60. The number of para-hydroxylation sites is 1. The van der Waals surface area contributed by atoms with E-state index in [9.17, 15) is 4.79 Å². The third kappa shape index (κ3) is 4.11. The number of nitrogens with zero attached hydrogens (tertiary/aromatic N) is 2. The highest BCUT2D eigenvalue weighted by Gasteiger charge is 2.28. The summed E-state index contributed by atoms with van der Waals surface area (Å²) in [6, 6.07) is 13.8. The number of hydrogen-bond donors (Lipinski definition) is 0. The van der Waals surface area contributed by atoms with Crippen molar-refractivity contribution in [1.82, 2.24) is 10.2 Å². The van der Waals surface area contributed by atoms with Crippen LogP contribution >= 0.6 is 23.2 Å². The number of aryl methyl sites for hydroxylation is 1. The maximum absolute atomic E-state index is 12.5. The molecule has 1 aliphatic carbocycles. The third-order valence-corrected chi connectivity index (χ3v) is 4.87. The maximum Gasteiger partial charge on any atom is 0.343 e. The van der Waals surface area contributed by atoms with Crippen molar-refractivity contribution in [3.63, 3.8) is 0 Å². The van der Waals surface area contributed by atoms with E-state index < -0.39 is 5.97 Å². The SMILES string of the molecule is Cc1cccc(C2CC2)c1Oc1nnc(Cl)cc1OC(=O)c1ccc(Cl)cc1. The van der Waals surface area contributed by atoms with Crippen LogP contribution in [-0.4, -0.2) is 16.2 Å². The number of ether oxygens (including phenoxy) is 2. The van der Waals surface area contributed by atoms with Gasteiger partial charge in [0, 0.05) is 11.1 Å². The first-order valence-electron chi connectivity index (χ1n) is 8.79. The molecule has 1 heterocycles. The molecule has 2 aromatic carbocycles. The lowest BCUT2D eigenvalue weighted by atomic mass is 10.1. The van der Waals surface area contributed by atoms with Gasteiger partial charge in [0.05, 0.1) is 5.56 Å². The Hall–Kier alpha value is -2.63. The topological polar surface area (TPSA) is 61.3 Å². The van der Waals surface area contributed by atoms with Crippen LogP contribution in [0.4, 0.5) is 0 Å². The van der Waals surface area contributed by atoms with E-state index in [0.29, 0.717) is 22.3 Å². The molecular formula is C21H16Cl2N2O3. The molecule has 0 saturated heterocycles. The highest BCUT2D eigenvalue weighted by atomic mass is 35.5. The Balaban J connectivity index is 1.64. The van der Waals surface area contributed by atoms with Crippen LogP contribution in [0.5, 0.6) is 17.4 Å². The Morgan fingerprint density at radius 1 is 1.07 bits per heavy atom. The summed E-state index contributed by atoms with van der Waals surface area (Å²) in [6.07, 6.45) is 2.26. The van der Waals surface area contributed by atoms with E-state index in [4.69, 9.17) is 32.7 Å². The van der Waals surface area contributed by atoms with E-state index in [0.717, 1.165) is 24.0 Å². The molecule has 28 heavy (non-hydrogen) atoms. The molecule has 1 saturated carbocycles. The molecule has 0 N–H and O–H groups in total. The average Bonchev–Trinajstić information content (AvgIpc) is 3.51. The van der Waals surface area contributed by atoms with Crippen molar-refractivity contribution in [1.29, 1.82) is 0 Å². The Morgan fingerprint density at radius 3 is 2.54 bits per heavy atom. The zero-order valence-electron chi connectivity index (χ0n) is 15.0. The minimum atomic E-state index is -0.571. The fourth-order valence-electron chi connectivity index (χ4n) is 2.86. The Kier molecular flexibility index (Phi) is 5.20. The number of carbonyl (C=O) groups is 1. The molecule has 5 nitrogen and oxygen atoms in total. The van der Waals surface area contributed by atoms with Gasteiger partial charge in [-0.1, -0.05) is 41.4 Å². The zero-order chi connectivity index (χ0) is 19.7. The molecule has 0 atom stereocenters. The zero-order valence-corrected chi connectivity index (χ0v) is 16.5. The molecule has 0 radical (unpaired) electrons. The number of hydrogen-bond acceptors (Lipinski definition) is 5. The number of halogens is 2. The van der Waals surface area contributed by atoms with Crippen molar-refractivity contribution in [2.75, 3.05) is 0 Å². The normalized spacial score (nSPS) is 13.2. The van der Waals surface area contributed by atoms with Crippen molar-refractivity contribution >= 4 is 29.2 Å². The summed E-state index contributed by atoms with van der Waals surface area (Å²) in [5.74, 6) is 0.811. The molecule has 0 amide bonds. The number of rotatable bonds is 5. The van der Waals surface area contributed by atoms with Gasteiger partial charge in [0.2, 0.25) is 0 Å². The second kappa shape index (κ2) is 7.78. The molecule has 3 aromatic rings. The van der Waals surface area contributed by atoms with Crippen molar-refractivity contribution in [2.45, 2.75) is 25.7 Å². The van der Waals surface area contributed by atoms with Gasteiger partial charge < -0.3 is 9.47 Å². The summed E-state index contributed by atoms with van der Waals surface area (Å²) < 4.78 is 11.5. The molecule has 1 fully saturated rings. The second-order valence-corrected chi connectivity index (χ2v) is 7.43. The van der Waals surface area contributed by atoms with Gasteiger partial charge >= 0.3 is 5.97 Å². The molecule has 1 aromatic heterocycles. The summed E-state index contributed by atoms with van der Waals surface area (Å²) in [4.78, 5) is 12.5. The first-order valence-corrected chi connectivity index (χ1v) is 9.55. The van der Waals surface area contributed by atoms with Gasteiger partial charge in [-0.3, -0.25) is 0 Å². The summed E-state index contributed by atoms with van der Waals surface area (Å²) in [5.41, 5.74) is 2.43.